The standard InChI is InChI=1S/C42H44FIN6O12S/c1-25-22-32(38(49(2)40(25)54)46-31-11-8-27(44)24-30(31)43)48-63(57,58)28-9-6-26(7-10-28)23-36(52)45-14-15-59-16-17-60-18-19-61-20-21-62-34-5-3-4-29-37(34)42(56)50(41(29)55)33-12-13-35(51)47-39(33)53/h3-11,22,24,33,46,48H,12-21,23H2,1-2H3,(H,45,52)(H,47,51,53). The predicted molar refractivity (Wildman–Crippen MR) is 234 cm³/mol. The van der Waals surface area contributed by atoms with E-state index in [0.717, 1.165) is 4.90 Å². The second kappa shape index (κ2) is 21.1. The maximum atomic E-state index is 14.7. The third-order valence-electron chi connectivity index (χ3n) is 9.85. The van der Waals surface area contributed by atoms with Crippen LogP contribution in [-0.4, -0.2) is 106 Å². The number of halogens is 2. The van der Waals surface area contributed by atoms with E-state index in [0.29, 0.717) is 9.13 Å². The number of hydrogen-bond acceptors (Lipinski definition) is 13. The number of nitrogens with zero attached hydrogens (tertiary/aromatic N) is 2. The van der Waals surface area contributed by atoms with Gasteiger partial charge in [0.1, 0.15) is 30.0 Å². The molecule has 4 aromatic rings. The van der Waals surface area contributed by atoms with Crippen molar-refractivity contribution < 1.29 is 55.7 Å². The highest BCUT2D eigenvalue weighted by Gasteiger charge is 2.46. The molecule has 21 heteroatoms. The van der Waals surface area contributed by atoms with E-state index in [9.17, 15) is 41.6 Å². The molecule has 1 aromatic heterocycles. The molecule has 5 amide bonds. The number of rotatable bonds is 21. The topological polar surface area (TPSA) is 230 Å². The van der Waals surface area contributed by atoms with Crippen molar-refractivity contribution in [1.82, 2.24) is 20.1 Å². The fourth-order valence-corrected chi connectivity index (χ4v) is 8.21. The Hall–Kier alpha value is -5.75. The maximum Gasteiger partial charge on any atom is 0.266 e. The molecule has 6 rings (SSSR count). The van der Waals surface area contributed by atoms with E-state index < -0.39 is 51.1 Å². The van der Waals surface area contributed by atoms with Gasteiger partial charge < -0.3 is 29.6 Å². The van der Waals surface area contributed by atoms with Crippen LogP contribution in [0.5, 0.6) is 5.75 Å². The molecule has 4 N–H and O–H groups in total. The van der Waals surface area contributed by atoms with Gasteiger partial charge in [-0.3, -0.25) is 48.3 Å². The lowest BCUT2D eigenvalue weighted by Gasteiger charge is -2.27. The lowest BCUT2D eigenvalue weighted by molar-refractivity contribution is -0.136. The molecule has 0 saturated carbocycles. The Labute approximate surface area is 375 Å². The van der Waals surface area contributed by atoms with E-state index in [2.05, 4.69) is 20.7 Å². The van der Waals surface area contributed by atoms with Crippen LogP contribution >= 0.6 is 22.6 Å². The normalized spacial score (nSPS) is 15.0. The Morgan fingerprint density at radius 1 is 0.873 bits per heavy atom. The van der Waals surface area contributed by atoms with E-state index >= 15 is 0 Å². The van der Waals surface area contributed by atoms with Gasteiger partial charge >= 0.3 is 0 Å². The van der Waals surface area contributed by atoms with Crippen molar-refractivity contribution in [3.05, 3.63) is 109 Å². The summed E-state index contributed by atoms with van der Waals surface area (Å²) in [5.41, 5.74) is 0.715. The lowest BCUT2D eigenvalue weighted by atomic mass is 10.0. The van der Waals surface area contributed by atoms with Crippen molar-refractivity contribution >= 4 is 79.3 Å². The Morgan fingerprint density at radius 2 is 1.56 bits per heavy atom. The number of hydrogen-bond donors (Lipinski definition) is 4. The second-order valence-electron chi connectivity index (χ2n) is 14.3. The Bertz CT molecular complexity index is 2570. The highest BCUT2D eigenvalue weighted by Crippen LogP contribution is 2.34. The Balaban J connectivity index is 0.841. The van der Waals surface area contributed by atoms with Gasteiger partial charge in [0.05, 0.1) is 73.5 Å². The molecule has 334 valence electrons. The summed E-state index contributed by atoms with van der Waals surface area (Å²) in [6.45, 7) is 3.31. The number of benzene rings is 3. The number of anilines is 3. The van der Waals surface area contributed by atoms with Crippen molar-refractivity contribution in [2.24, 2.45) is 7.05 Å². The summed E-state index contributed by atoms with van der Waals surface area (Å²) >= 11 is 1.96. The molecule has 1 atom stereocenters. The quantitative estimate of drug-likeness (QED) is 0.0535. The van der Waals surface area contributed by atoms with Gasteiger partial charge in [0.25, 0.3) is 27.4 Å². The summed E-state index contributed by atoms with van der Waals surface area (Å²) in [6.07, 6.45) is 0.0656. The first kappa shape index (κ1) is 46.7. The molecule has 3 heterocycles. The van der Waals surface area contributed by atoms with Gasteiger partial charge in [-0.05, 0) is 90.0 Å². The number of nitrogens with one attached hydrogen (secondary N) is 4. The van der Waals surface area contributed by atoms with Gasteiger partial charge in [-0.15, -0.1) is 0 Å². The van der Waals surface area contributed by atoms with Gasteiger partial charge in [-0.25, -0.2) is 12.8 Å². The number of carbonyl (C=O) groups is 5. The number of aromatic nitrogens is 1. The summed E-state index contributed by atoms with van der Waals surface area (Å²) in [5.74, 6) is -3.07. The summed E-state index contributed by atoms with van der Waals surface area (Å²) in [7, 11) is -2.72. The molecule has 1 fully saturated rings. The van der Waals surface area contributed by atoms with Crippen LogP contribution in [-0.2, 0) is 52.1 Å². The zero-order valence-electron chi connectivity index (χ0n) is 34.2. The molecule has 1 saturated heterocycles. The van der Waals surface area contributed by atoms with Crippen molar-refractivity contribution in [1.29, 1.82) is 0 Å². The number of sulfonamides is 1. The van der Waals surface area contributed by atoms with E-state index in [1.807, 2.05) is 22.6 Å². The third-order valence-corrected chi connectivity index (χ3v) is 11.9. The second-order valence-corrected chi connectivity index (χ2v) is 17.2. The van der Waals surface area contributed by atoms with Crippen molar-refractivity contribution in [3.63, 3.8) is 0 Å². The molecule has 0 radical (unpaired) electrons. The molecule has 63 heavy (non-hydrogen) atoms. The number of imide groups is 2. The monoisotopic (exact) mass is 1000 g/mol. The molecular formula is C42H44FIN6O12S. The fraction of sp³-hybridized carbons (Fsp3) is 0.333. The smallest absolute Gasteiger partial charge is 0.266 e. The van der Waals surface area contributed by atoms with Crippen LogP contribution < -0.4 is 31.0 Å². The Morgan fingerprint density at radius 3 is 2.24 bits per heavy atom. The average Bonchev–Trinajstić information content (AvgIpc) is 3.49. The highest BCUT2D eigenvalue weighted by molar-refractivity contribution is 14.1. The maximum absolute atomic E-state index is 14.7. The van der Waals surface area contributed by atoms with Gasteiger partial charge in [-0.2, -0.15) is 0 Å². The van der Waals surface area contributed by atoms with Crippen LogP contribution in [0.15, 0.2) is 76.4 Å². The van der Waals surface area contributed by atoms with Crippen molar-refractivity contribution in [2.45, 2.75) is 37.1 Å². The molecule has 2 aliphatic rings. The highest BCUT2D eigenvalue weighted by atomic mass is 127. The zero-order chi connectivity index (χ0) is 45.3. The van der Waals surface area contributed by atoms with Crippen molar-refractivity contribution in [2.75, 3.05) is 62.8 Å². The van der Waals surface area contributed by atoms with Crippen LogP contribution in [0.3, 0.4) is 0 Å². The van der Waals surface area contributed by atoms with Gasteiger partial charge in [0, 0.05) is 29.1 Å². The molecule has 1 unspecified atom stereocenters. The minimum atomic E-state index is -4.17. The number of carbonyl (C=O) groups excluding carboxylic acids is 5. The SMILES string of the molecule is Cc1cc(NS(=O)(=O)c2ccc(CC(=O)NCCOCCOCCOCCOc3cccc4c3C(=O)N(C3CCC(=O)NC3=O)C4=O)cc2)c(Nc2ccc(I)cc2F)n(C)c1=O. The van der Waals surface area contributed by atoms with Crippen molar-refractivity contribution in [3.8, 4) is 5.75 Å². The molecule has 18 nitrogen and oxygen atoms in total. The summed E-state index contributed by atoms with van der Waals surface area (Å²) in [6, 6.07) is 15.1. The average molecular weight is 1000 g/mol. The summed E-state index contributed by atoms with van der Waals surface area (Å²) < 4.78 is 68.1. The van der Waals surface area contributed by atoms with Gasteiger partial charge in [0.2, 0.25) is 17.7 Å². The van der Waals surface area contributed by atoms with E-state index in [1.165, 1.54) is 67.1 Å². The minimum Gasteiger partial charge on any atom is -0.490 e. The predicted octanol–water partition coefficient (Wildman–Crippen LogP) is 3.17. The summed E-state index contributed by atoms with van der Waals surface area (Å²) in [4.78, 5) is 76.0. The van der Waals surface area contributed by atoms with Gasteiger partial charge in [0.15, 0.2) is 0 Å². The van der Waals surface area contributed by atoms with Crippen LogP contribution in [0.1, 0.15) is 44.7 Å². The first-order valence-corrected chi connectivity index (χ1v) is 22.2. The first-order valence-electron chi connectivity index (χ1n) is 19.7. The first-order chi connectivity index (χ1) is 30.1. The number of piperidine rings is 1. The van der Waals surface area contributed by atoms with Crippen LogP contribution in [0, 0.1) is 16.3 Å². The zero-order valence-corrected chi connectivity index (χ0v) is 37.1. The number of fused-ring (bicyclic) bond motifs is 1. The minimum absolute atomic E-state index is 0.00788. The molecule has 3 aromatic carbocycles. The third kappa shape index (κ3) is 11.6. The fourth-order valence-electron chi connectivity index (χ4n) is 6.70. The molecular weight excluding hydrogens is 958 g/mol. The van der Waals surface area contributed by atoms with Crippen LogP contribution in [0.25, 0.3) is 0 Å². The van der Waals surface area contributed by atoms with E-state index in [1.54, 1.807) is 18.2 Å². The summed E-state index contributed by atoms with van der Waals surface area (Å²) in [5, 5.41) is 7.75. The largest absolute Gasteiger partial charge is 0.490 e. The lowest BCUT2D eigenvalue weighted by Crippen LogP contribution is -2.54. The van der Waals surface area contributed by atoms with Crippen LogP contribution in [0.2, 0.25) is 0 Å². The number of pyridine rings is 1. The number of ether oxygens (including phenoxy) is 4. The Kier molecular flexibility index (Phi) is 15.6. The van der Waals surface area contributed by atoms with Gasteiger partial charge in [-0.1, -0.05) is 18.2 Å². The van der Waals surface area contributed by atoms with Crippen LogP contribution in [0.4, 0.5) is 21.6 Å². The van der Waals surface area contributed by atoms with E-state index in [4.69, 9.17) is 18.9 Å². The number of amides is 5. The number of aryl methyl sites for hydroxylation is 1. The molecule has 0 spiro atoms. The molecule has 0 bridgehead atoms. The molecule has 2 aliphatic heterocycles. The van der Waals surface area contributed by atoms with E-state index in [-0.39, 0.29) is 122 Å². The molecule has 0 aliphatic carbocycles.